The number of aromatic nitrogens is 1. The third-order valence-electron chi connectivity index (χ3n) is 2.81. The molecule has 4 nitrogen and oxygen atoms in total. The normalized spacial score (nSPS) is 10.5. The first-order valence-corrected chi connectivity index (χ1v) is 7.57. The Morgan fingerprint density at radius 2 is 1.86 bits per heavy atom. The average molecular weight is 301 g/mol. The first-order valence-electron chi connectivity index (χ1n) is 6.69. The molecule has 0 saturated carbocycles. The number of thiophene rings is 1. The van der Waals surface area contributed by atoms with Crippen LogP contribution in [-0.4, -0.2) is 11.6 Å². The van der Waals surface area contributed by atoms with Crippen molar-refractivity contribution in [2.24, 2.45) is 0 Å². The van der Waals surface area contributed by atoms with Crippen molar-refractivity contribution in [3.05, 3.63) is 53.7 Å². The molecule has 0 spiro atoms. The van der Waals surface area contributed by atoms with Crippen LogP contribution in [0, 0.1) is 0 Å². The maximum absolute atomic E-state index is 5.68. The van der Waals surface area contributed by atoms with Gasteiger partial charge in [0.25, 0.3) is 0 Å². The Balaban J connectivity index is 1.60. The fourth-order valence-electron chi connectivity index (χ4n) is 1.84. The van der Waals surface area contributed by atoms with E-state index in [1.165, 1.54) is 0 Å². The van der Waals surface area contributed by atoms with E-state index in [0.717, 1.165) is 22.1 Å². The second kappa shape index (κ2) is 6.45. The zero-order valence-electron chi connectivity index (χ0n) is 11.6. The van der Waals surface area contributed by atoms with Gasteiger partial charge in [-0.25, -0.2) is 4.98 Å². The van der Waals surface area contributed by atoms with Crippen LogP contribution < -0.4 is 9.47 Å². The summed E-state index contributed by atoms with van der Waals surface area (Å²) in [6.45, 7) is 2.99. The second-order valence-corrected chi connectivity index (χ2v) is 5.26. The van der Waals surface area contributed by atoms with Crippen molar-refractivity contribution < 1.29 is 13.9 Å². The summed E-state index contributed by atoms with van der Waals surface area (Å²) in [6, 6.07) is 11.5. The summed E-state index contributed by atoms with van der Waals surface area (Å²) in [5.41, 5.74) is 0.771. The van der Waals surface area contributed by atoms with Gasteiger partial charge in [0.2, 0.25) is 5.89 Å². The minimum absolute atomic E-state index is 0.378. The number of nitrogens with zero attached hydrogens (tertiary/aromatic N) is 1. The molecule has 0 radical (unpaired) electrons. The molecular weight excluding hydrogens is 286 g/mol. The molecule has 0 fully saturated rings. The van der Waals surface area contributed by atoms with Crippen LogP contribution in [0.3, 0.4) is 0 Å². The molecule has 0 amide bonds. The van der Waals surface area contributed by atoms with Gasteiger partial charge in [-0.1, -0.05) is 6.07 Å². The zero-order chi connectivity index (χ0) is 14.5. The van der Waals surface area contributed by atoms with E-state index in [4.69, 9.17) is 13.9 Å². The lowest BCUT2D eigenvalue weighted by Gasteiger charge is -2.06. The molecule has 2 heterocycles. The Labute approximate surface area is 127 Å². The van der Waals surface area contributed by atoms with E-state index >= 15 is 0 Å². The van der Waals surface area contributed by atoms with E-state index in [1.807, 2.05) is 48.7 Å². The van der Waals surface area contributed by atoms with Gasteiger partial charge < -0.3 is 13.9 Å². The highest BCUT2D eigenvalue weighted by Crippen LogP contribution is 2.24. The number of oxazole rings is 1. The molecule has 0 aliphatic heterocycles. The van der Waals surface area contributed by atoms with Crippen molar-refractivity contribution in [1.82, 2.24) is 4.98 Å². The third kappa shape index (κ3) is 3.44. The van der Waals surface area contributed by atoms with Crippen LogP contribution in [0.25, 0.3) is 10.8 Å². The summed E-state index contributed by atoms with van der Waals surface area (Å²) >= 11 is 1.60. The summed E-state index contributed by atoms with van der Waals surface area (Å²) in [7, 11) is 0. The molecule has 0 aliphatic carbocycles. The van der Waals surface area contributed by atoms with Crippen LogP contribution in [0.15, 0.2) is 52.5 Å². The number of hydrogen-bond acceptors (Lipinski definition) is 5. The van der Waals surface area contributed by atoms with E-state index in [-0.39, 0.29) is 0 Å². The van der Waals surface area contributed by atoms with Gasteiger partial charge in [-0.2, -0.15) is 0 Å². The Morgan fingerprint density at radius 1 is 1.10 bits per heavy atom. The largest absolute Gasteiger partial charge is 0.494 e. The van der Waals surface area contributed by atoms with E-state index in [2.05, 4.69) is 4.98 Å². The average Bonchev–Trinajstić information content (AvgIpc) is 3.18. The van der Waals surface area contributed by atoms with Crippen molar-refractivity contribution >= 4 is 11.3 Å². The maximum Gasteiger partial charge on any atom is 0.236 e. The summed E-state index contributed by atoms with van der Waals surface area (Å²) in [5, 5.41) is 2.00. The standard InChI is InChI=1S/C16H15NO3S/c1-2-18-13-5-7-14(8-6-13)19-10-12-11-20-16(17-12)15-4-3-9-21-15/h3-9,11H,2,10H2,1H3. The molecule has 0 N–H and O–H groups in total. The molecule has 3 rings (SSSR count). The number of hydrogen-bond donors (Lipinski definition) is 0. The lowest BCUT2D eigenvalue weighted by molar-refractivity contribution is 0.299. The van der Waals surface area contributed by atoms with Gasteiger partial charge in [0.05, 0.1) is 11.5 Å². The van der Waals surface area contributed by atoms with Crippen LogP contribution in [0.2, 0.25) is 0 Å². The molecule has 5 heteroatoms. The molecule has 108 valence electrons. The van der Waals surface area contributed by atoms with Crippen molar-refractivity contribution in [2.45, 2.75) is 13.5 Å². The molecule has 0 atom stereocenters. The van der Waals surface area contributed by atoms with Crippen molar-refractivity contribution in [1.29, 1.82) is 0 Å². The maximum atomic E-state index is 5.68. The second-order valence-electron chi connectivity index (χ2n) is 4.31. The van der Waals surface area contributed by atoms with Gasteiger partial charge in [-0.3, -0.25) is 0 Å². The van der Waals surface area contributed by atoms with E-state index in [1.54, 1.807) is 17.6 Å². The van der Waals surface area contributed by atoms with E-state index in [0.29, 0.717) is 19.1 Å². The van der Waals surface area contributed by atoms with Gasteiger partial charge in [-0.15, -0.1) is 11.3 Å². The van der Waals surface area contributed by atoms with Crippen molar-refractivity contribution in [3.63, 3.8) is 0 Å². The first kappa shape index (κ1) is 13.7. The minimum atomic E-state index is 0.378. The predicted molar refractivity (Wildman–Crippen MR) is 81.8 cm³/mol. The summed E-state index contributed by atoms with van der Waals surface area (Å²) in [5.74, 6) is 2.25. The fraction of sp³-hybridized carbons (Fsp3) is 0.188. The molecule has 0 bridgehead atoms. The number of benzene rings is 1. The molecule has 0 saturated heterocycles. The Morgan fingerprint density at radius 3 is 2.52 bits per heavy atom. The molecule has 3 aromatic rings. The molecule has 0 aliphatic rings. The Bertz CT molecular complexity index is 674. The smallest absolute Gasteiger partial charge is 0.236 e. The van der Waals surface area contributed by atoms with Gasteiger partial charge in [0.15, 0.2) is 0 Å². The van der Waals surface area contributed by atoms with E-state index in [9.17, 15) is 0 Å². The molecule has 1 aromatic carbocycles. The number of ether oxygens (including phenoxy) is 2. The lowest BCUT2D eigenvalue weighted by Crippen LogP contribution is -1.96. The molecular formula is C16H15NO3S. The first-order chi connectivity index (χ1) is 10.3. The van der Waals surface area contributed by atoms with Crippen LogP contribution in [0.4, 0.5) is 0 Å². The number of rotatable bonds is 6. The summed E-state index contributed by atoms with van der Waals surface area (Å²) < 4.78 is 16.5. The Kier molecular flexibility index (Phi) is 4.21. The quantitative estimate of drug-likeness (QED) is 0.677. The van der Waals surface area contributed by atoms with Crippen LogP contribution in [0.1, 0.15) is 12.6 Å². The third-order valence-corrected chi connectivity index (χ3v) is 3.66. The zero-order valence-corrected chi connectivity index (χ0v) is 12.4. The topological polar surface area (TPSA) is 44.5 Å². The molecule has 2 aromatic heterocycles. The summed E-state index contributed by atoms with van der Waals surface area (Å²) in [6.07, 6.45) is 1.63. The lowest BCUT2D eigenvalue weighted by atomic mass is 10.3. The monoisotopic (exact) mass is 301 g/mol. The van der Waals surface area contributed by atoms with Gasteiger partial charge in [0.1, 0.15) is 30.1 Å². The van der Waals surface area contributed by atoms with Crippen LogP contribution >= 0.6 is 11.3 Å². The van der Waals surface area contributed by atoms with Gasteiger partial charge in [-0.05, 0) is 42.6 Å². The molecule has 0 unspecified atom stereocenters. The highest BCUT2D eigenvalue weighted by Gasteiger charge is 2.08. The van der Waals surface area contributed by atoms with E-state index < -0.39 is 0 Å². The molecule has 21 heavy (non-hydrogen) atoms. The minimum Gasteiger partial charge on any atom is -0.494 e. The van der Waals surface area contributed by atoms with Crippen molar-refractivity contribution in [3.8, 4) is 22.3 Å². The SMILES string of the molecule is CCOc1ccc(OCc2coc(-c3cccs3)n2)cc1. The highest BCUT2D eigenvalue weighted by atomic mass is 32.1. The van der Waals surface area contributed by atoms with Gasteiger partial charge in [0, 0.05) is 0 Å². The Hall–Kier alpha value is -2.27. The van der Waals surface area contributed by atoms with Crippen LogP contribution in [-0.2, 0) is 6.61 Å². The van der Waals surface area contributed by atoms with Crippen LogP contribution in [0.5, 0.6) is 11.5 Å². The van der Waals surface area contributed by atoms with Crippen molar-refractivity contribution in [2.75, 3.05) is 6.61 Å². The summed E-state index contributed by atoms with van der Waals surface area (Å²) in [4.78, 5) is 5.42. The highest BCUT2D eigenvalue weighted by molar-refractivity contribution is 7.13. The van der Waals surface area contributed by atoms with Gasteiger partial charge >= 0.3 is 0 Å². The fourth-order valence-corrected chi connectivity index (χ4v) is 2.50. The predicted octanol–water partition coefficient (Wildman–Crippen LogP) is 4.38.